The van der Waals surface area contributed by atoms with E-state index in [9.17, 15) is 26.4 Å². The molecule has 0 aromatic heterocycles. The second-order valence-corrected chi connectivity index (χ2v) is 11.2. The number of hydrogen-bond donors (Lipinski definition) is 1. The first-order valence-electron chi connectivity index (χ1n) is 10.9. The van der Waals surface area contributed by atoms with Crippen LogP contribution in [0.4, 0.5) is 29.3 Å². The minimum atomic E-state index is -4.51. The molecule has 0 bridgehead atoms. The molecule has 2 aromatic carbocycles. The number of sulfonamides is 1. The van der Waals surface area contributed by atoms with Gasteiger partial charge in [-0.1, -0.05) is 12.1 Å². The van der Waals surface area contributed by atoms with E-state index in [1.807, 2.05) is 0 Å². The number of benzene rings is 2. The number of alkyl halides is 3. The third-order valence-electron chi connectivity index (χ3n) is 5.70. The van der Waals surface area contributed by atoms with Crippen molar-refractivity contribution < 1.29 is 149 Å². The molecule has 4 rings (SSSR count). The second kappa shape index (κ2) is 14.1. The van der Waals surface area contributed by atoms with Crippen molar-refractivity contribution in [1.29, 1.82) is 0 Å². The zero-order valence-electron chi connectivity index (χ0n) is 22.0. The predicted molar refractivity (Wildman–Crippen MR) is 125 cm³/mol. The zero-order valence-corrected chi connectivity index (χ0v) is 29.1. The Morgan fingerprint density at radius 1 is 1.10 bits per heavy atom. The molecule has 2 aromatic rings. The van der Waals surface area contributed by atoms with Gasteiger partial charge < -0.3 is 25.1 Å². The number of carbonyl (C=O) groups excluding carboxylic acids is 2. The van der Waals surface area contributed by atoms with Crippen LogP contribution in [0.2, 0.25) is 0 Å². The summed E-state index contributed by atoms with van der Waals surface area (Å²) in [6.07, 6.45) is -4.78. The maximum atomic E-state index is 13.1. The van der Waals surface area contributed by atoms with Gasteiger partial charge in [-0.15, -0.1) is 0 Å². The van der Waals surface area contributed by atoms with Crippen LogP contribution in [-0.2, 0) is 27.4 Å². The van der Waals surface area contributed by atoms with Crippen molar-refractivity contribution in [2.24, 2.45) is 0 Å². The Hall–Kier alpha value is -0.467. The predicted octanol–water partition coefficient (Wildman–Crippen LogP) is -3.83. The van der Waals surface area contributed by atoms with Crippen molar-refractivity contribution >= 4 is 39.0 Å². The van der Waals surface area contributed by atoms with Crippen LogP contribution in [-0.4, -0.2) is 38.9 Å². The van der Waals surface area contributed by atoms with Gasteiger partial charge in [0.05, 0.1) is 17.0 Å². The van der Waals surface area contributed by atoms with E-state index in [2.05, 4.69) is 5.32 Å². The average Bonchev–Trinajstić information content (AvgIpc) is 2.74. The molecule has 0 unspecified atom stereocenters. The summed E-state index contributed by atoms with van der Waals surface area (Å²) in [5.41, 5.74) is 1.13. The maximum Gasteiger partial charge on any atom is 1.00 e. The minimum absolute atomic E-state index is 0. The number of nitrogens with one attached hydrogen (secondary N) is 1. The molecule has 200 valence electrons. The van der Waals surface area contributed by atoms with Crippen molar-refractivity contribution in [3.63, 3.8) is 0 Å². The quantitative estimate of drug-likeness (QED) is 0.269. The molecular weight excluding hydrogens is 596 g/mol. The second-order valence-electron chi connectivity index (χ2n) is 9.03. The number of aryl methyl sites for hydroxylation is 1. The first-order chi connectivity index (χ1) is 17.0. The van der Waals surface area contributed by atoms with Crippen LogP contribution in [0.25, 0.3) is 5.57 Å². The van der Waals surface area contributed by atoms with Crippen molar-refractivity contribution in [3.8, 4) is 5.75 Å². The number of nitrogens with zero attached hydrogens (tertiary/aromatic N) is 1. The molecule has 0 saturated heterocycles. The van der Waals surface area contributed by atoms with Gasteiger partial charge >= 0.3 is 109 Å². The smallest absolute Gasteiger partial charge is 0.652 e. The molecule has 0 radical (unpaired) electrons. The molecule has 2 heterocycles. The fourth-order valence-corrected chi connectivity index (χ4v) is 5.29. The van der Waals surface area contributed by atoms with Crippen LogP contribution in [0.15, 0.2) is 42.5 Å². The Labute approximate surface area is 309 Å². The summed E-state index contributed by atoms with van der Waals surface area (Å²) in [6.45, 7) is 3.48. The molecule has 0 atom stereocenters. The largest absolute Gasteiger partial charge is 1.00 e. The first kappa shape index (κ1) is 36.6. The molecule has 0 aliphatic carbocycles. The monoisotopic (exact) mass is 618 g/mol. The summed E-state index contributed by atoms with van der Waals surface area (Å²) in [7, 11) is -1.92. The Morgan fingerprint density at radius 2 is 1.72 bits per heavy atom. The first-order valence-corrected chi connectivity index (χ1v) is 12.5. The third-order valence-corrected chi connectivity index (χ3v) is 7.45. The summed E-state index contributed by atoms with van der Waals surface area (Å²) >= 11 is 0. The van der Waals surface area contributed by atoms with Gasteiger partial charge in [0.15, 0.2) is 0 Å². The van der Waals surface area contributed by atoms with Crippen LogP contribution in [0.1, 0.15) is 37.0 Å². The van der Waals surface area contributed by atoms with Crippen molar-refractivity contribution in [2.75, 3.05) is 22.4 Å². The minimum Gasteiger partial charge on any atom is -0.652 e. The maximum absolute atomic E-state index is 13.1. The molecular formula is C24H23F3K2N2O7S. The van der Waals surface area contributed by atoms with Crippen molar-refractivity contribution in [2.45, 2.75) is 38.5 Å². The number of hydrogen-bond acceptors (Lipinski definition) is 7. The molecule has 2 aliphatic heterocycles. The van der Waals surface area contributed by atoms with Gasteiger partial charge in [0.25, 0.3) is 0 Å². The molecule has 0 saturated carbocycles. The van der Waals surface area contributed by atoms with Gasteiger partial charge in [0, 0.05) is 30.8 Å². The summed E-state index contributed by atoms with van der Waals surface area (Å²) in [4.78, 5) is 21.1. The SMILES string of the molecule is CN1c2cc(NC(=O)C=C3CC(C)(C)Oc4cc(C(F)(F)F)ccc43)ccc2CCS1(=O)=O.O=C([O-])[O-].[K+].[K+]. The fourth-order valence-electron chi connectivity index (χ4n) is 4.07. The fraction of sp³-hybridized carbons (Fsp3) is 0.333. The van der Waals surface area contributed by atoms with Crippen molar-refractivity contribution in [3.05, 3.63) is 59.2 Å². The van der Waals surface area contributed by atoms with Gasteiger partial charge in [-0.25, -0.2) is 8.42 Å². The van der Waals surface area contributed by atoms with Gasteiger partial charge in [-0.3, -0.25) is 9.10 Å². The molecule has 1 amide bonds. The number of fused-ring (bicyclic) bond motifs is 2. The van der Waals surface area contributed by atoms with Crippen LogP contribution < -0.4 is 127 Å². The van der Waals surface area contributed by atoms with Crippen LogP contribution in [0, 0.1) is 0 Å². The van der Waals surface area contributed by atoms with E-state index < -0.39 is 39.4 Å². The van der Waals surface area contributed by atoms with E-state index >= 15 is 0 Å². The average molecular weight is 619 g/mol. The van der Waals surface area contributed by atoms with Gasteiger partial charge in [-0.05, 0) is 61.8 Å². The van der Waals surface area contributed by atoms with Crippen LogP contribution in [0.5, 0.6) is 5.75 Å². The van der Waals surface area contributed by atoms with Gasteiger partial charge in [0.1, 0.15) is 11.4 Å². The number of anilines is 2. The molecule has 39 heavy (non-hydrogen) atoms. The number of amides is 1. The van der Waals surface area contributed by atoms with E-state index in [-0.39, 0.29) is 114 Å². The van der Waals surface area contributed by atoms with E-state index in [4.69, 9.17) is 19.7 Å². The van der Waals surface area contributed by atoms with E-state index in [1.165, 1.54) is 23.5 Å². The molecule has 0 spiro atoms. The molecule has 15 heteroatoms. The number of carbonyl (C=O) groups is 2. The topological polar surface area (TPSA) is 139 Å². The normalized spacial score (nSPS) is 17.5. The number of rotatable bonds is 2. The Morgan fingerprint density at radius 3 is 2.31 bits per heavy atom. The van der Waals surface area contributed by atoms with Crippen LogP contribution in [0.3, 0.4) is 0 Å². The number of carboxylic acid groups (broad SMARTS) is 2. The third kappa shape index (κ3) is 9.80. The molecule has 2 aliphatic rings. The van der Waals surface area contributed by atoms with Gasteiger partial charge in [0.2, 0.25) is 15.9 Å². The number of ether oxygens (including phenoxy) is 1. The van der Waals surface area contributed by atoms with Gasteiger partial charge in [-0.2, -0.15) is 13.2 Å². The van der Waals surface area contributed by atoms with Crippen LogP contribution >= 0.6 is 0 Å². The summed E-state index contributed by atoms with van der Waals surface area (Å²) in [5, 5.41) is 19.4. The molecule has 1 N–H and O–H groups in total. The zero-order chi connectivity index (χ0) is 27.8. The standard InChI is InChI=1S/C23H23F3N2O4S.CH2O3.2K/c1-22(2)13-15(18-7-5-16(23(24,25)26)11-20(18)32-22)10-21(29)27-17-6-4-14-8-9-33(30,31)28(3)19(14)12-17;2-1(3)4;;/h4-7,10-12H,8-9,13H2,1-3H3,(H,27,29);(H2,2,3,4);;/q;;2*+1/p-2. The molecule has 0 fully saturated rings. The molecule has 9 nitrogen and oxygen atoms in total. The number of halogens is 3. The van der Waals surface area contributed by atoms with E-state index in [1.54, 1.807) is 32.0 Å². The summed E-state index contributed by atoms with van der Waals surface area (Å²) in [5.74, 6) is -0.378. The van der Waals surface area contributed by atoms with E-state index in [0.29, 0.717) is 35.4 Å². The van der Waals surface area contributed by atoms with E-state index in [0.717, 1.165) is 17.7 Å². The summed E-state index contributed by atoms with van der Waals surface area (Å²) < 4.78 is 70.6. The summed E-state index contributed by atoms with van der Waals surface area (Å²) in [6, 6.07) is 8.28. The Kier molecular flexibility index (Phi) is 13.2. The Bertz CT molecular complexity index is 1380. The van der Waals surface area contributed by atoms with Crippen molar-refractivity contribution in [1.82, 2.24) is 0 Å². The Balaban J connectivity index is 0.00000119.